The first-order chi connectivity index (χ1) is 10.1. The Hall–Kier alpha value is -1.15. The summed E-state index contributed by atoms with van der Waals surface area (Å²) in [4.78, 5) is 0.0589. The number of ether oxygens (including phenoxy) is 2. The highest BCUT2D eigenvalue weighted by Crippen LogP contribution is 2.25. The molecule has 0 atom stereocenters. The Morgan fingerprint density at radius 2 is 2.10 bits per heavy atom. The smallest absolute Gasteiger partial charge is 0.244 e. The van der Waals surface area contributed by atoms with Crippen LogP contribution >= 0.6 is 0 Å². The van der Waals surface area contributed by atoms with Crippen molar-refractivity contribution < 1.29 is 23.0 Å². The van der Waals surface area contributed by atoms with Gasteiger partial charge in [0, 0.05) is 19.8 Å². The third kappa shape index (κ3) is 4.16. The van der Waals surface area contributed by atoms with Crippen molar-refractivity contribution in [3.8, 4) is 5.75 Å². The van der Waals surface area contributed by atoms with E-state index in [1.165, 1.54) is 13.2 Å². The third-order valence-electron chi connectivity index (χ3n) is 3.60. The maximum absolute atomic E-state index is 12.4. The molecule has 118 valence electrons. The fourth-order valence-corrected chi connectivity index (χ4v) is 3.62. The lowest BCUT2D eigenvalue weighted by Crippen LogP contribution is -2.32. The highest BCUT2D eigenvalue weighted by molar-refractivity contribution is 7.89. The van der Waals surface area contributed by atoms with Gasteiger partial charge in [0.2, 0.25) is 10.0 Å². The zero-order valence-electron chi connectivity index (χ0n) is 12.0. The van der Waals surface area contributed by atoms with Gasteiger partial charge in [-0.25, -0.2) is 13.1 Å². The van der Waals surface area contributed by atoms with Crippen LogP contribution in [0.1, 0.15) is 18.4 Å². The molecule has 1 aromatic carbocycles. The number of aliphatic hydroxyl groups is 1. The Labute approximate surface area is 125 Å². The average molecular weight is 315 g/mol. The summed E-state index contributed by atoms with van der Waals surface area (Å²) < 4.78 is 37.8. The molecule has 1 aliphatic heterocycles. The van der Waals surface area contributed by atoms with Crippen molar-refractivity contribution in [3.05, 3.63) is 23.8 Å². The van der Waals surface area contributed by atoms with E-state index >= 15 is 0 Å². The number of nitrogens with one attached hydrogen (secondary N) is 1. The third-order valence-corrected chi connectivity index (χ3v) is 5.05. The average Bonchev–Trinajstić information content (AvgIpc) is 2.53. The van der Waals surface area contributed by atoms with Crippen LogP contribution in [0.3, 0.4) is 0 Å². The maximum atomic E-state index is 12.4. The highest BCUT2D eigenvalue weighted by Gasteiger charge is 2.22. The van der Waals surface area contributed by atoms with Crippen molar-refractivity contribution in [2.45, 2.75) is 24.3 Å². The van der Waals surface area contributed by atoms with Crippen LogP contribution in [-0.2, 0) is 21.4 Å². The Morgan fingerprint density at radius 3 is 2.71 bits per heavy atom. The largest absolute Gasteiger partial charge is 0.495 e. The zero-order valence-corrected chi connectivity index (χ0v) is 12.9. The van der Waals surface area contributed by atoms with E-state index in [1.807, 2.05) is 0 Å². The van der Waals surface area contributed by atoms with Crippen LogP contribution in [0, 0.1) is 5.92 Å². The lowest BCUT2D eigenvalue weighted by molar-refractivity contribution is 0.0678. The molecule has 0 bridgehead atoms. The molecule has 0 saturated carbocycles. The number of hydrogen-bond acceptors (Lipinski definition) is 5. The molecule has 1 fully saturated rings. The van der Waals surface area contributed by atoms with Gasteiger partial charge >= 0.3 is 0 Å². The predicted octanol–water partition coefficient (Wildman–Crippen LogP) is 0.892. The second-order valence-corrected chi connectivity index (χ2v) is 6.79. The van der Waals surface area contributed by atoms with Crippen molar-refractivity contribution in [1.82, 2.24) is 4.72 Å². The molecule has 2 rings (SSSR count). The van der Waals surface area contributed by atoms with Gasteiger partial charge in [-0.1, -0.05) is 6.07 Å². The molecule has 6 nitrogen and oxygen atoms in total. The van der Waals surface area contributed by atoms with Crippen LogP contribution in [0.4, 0.5) is 0 Å². The number of aliphatic hydroxyl groups excluding tert-OH is 1. The van der Waals surface area contributed by atoms with E-state index in [9.17, 15) is 8.42 Å². The lowest BCUT2D eigenvalue weighted by atomic mass is 10.0. The maximum Gasteiger partial charge on any atom is 0.244 e. The first-order valence-electron chi connectivity index (χ1n) is 6.92. The minimum Gasteiger partial charge on any atom is -0.495 e. The molecule has 7 heteroatoms. The Morgan fingerprint density at radius 1 is 1.38 bits per heavy atom. The van der Waals surface area contributed by atoms with Crippen molar-refractivity contribution in [2.75, 3.05) is 26.9 Å². The molecule has 1 aromatic rings. The molecule has 0 aromatic heterocycles. The molecule has 0 unspecified atom stereocenters. The Kier molecular flexibility index (Phi) is 5.58. The number of methoxy groups -OCH3 is 1. The number of sulfonamides is 1. The molecule has 0 aliphatic carbocycles. The lowest BCUT2D eigenvalue weighted by Gasteiger charge is -2.22. The number of benzene rings is 1. The minimum absolute atomic E-state index is 0.0589. The van der Waals surface area contributed by atoms with Gasteiger partial charge in [-0.2, -0.15) is 0 Å². The van der Waals surface area contributed by atoms with Gasteiger partial charge in [0.1, 0.15) is 10.6 Å². The number of rotatable bonds is 6. The van der Waals surface area contributed by atoms with Gasteiger partial charge in [0.05, 0.1) is 13.7 Å². The van der Waals surface area contributed by atoms with Crippen molar-refractivity contribution >= 4 is 10.0 Å². The van der Waals surface area contributed by atoms with Gasteiger partial charge in [0.25, 0.3) is 0 Å². The molecule has 1 saturated heterocycles. The summed E-state index contributed by atoms with van der Waals surface area (Å²) >= 11 is 0. The van der Waals surface area contributed by atoms with Crippen molar-refractivity contribution in [1.29, 1.82) is 0 Å². The molecule has 2 N–H and O–H groups in total. The van der Waals surface area contributed by atoms with Gasteiger partial charge in [0.15, 0.2) is 0 Å². The summed E-state index contributed by atoms with van der Waals surface area (Å²) in [6.07, 6.45) is 1.71. The van der Waals surface area contributed by atoms with Crippen LogP contribution in [0.15, 0.2) is 23.1 Å². The summed E-state index contributed by atoms with van der Waals surface area (Å²) in [6, 6.07) is 4.62. The number of hydrogen-bond donors (Lipinski definition) is 2. The topological polar surface area (TPSA) is 84.9 Å². The molecule has 21 heavy (non-hydrogen) atoms. The van der Waals surface area contributed by atoms with Gasteiger partial charge in [-0.05, 0) is 36.5 Å². The highest BCUT2D eigenvalue weighted by atomic mass is 32.2. The van der Waals surface area contributed by atoms with E-state index in [2.05, 4.69) is 4.72 Å². The summed E-state index contributed by atoms with van der Waals surface area (Å²) in [7, 11) is -2.24. The van der Waals surface area contributed by atoms with Gasteiger partial charge in [-0.3, -0.25) is 0 Å². The molecular formula is C14H21NO5S. The van der Waals surface area contributed by atoms with E-state index in [-0.39, 0.29) is 17.3 Å². The second kappa shape index (κ2) is 7.22. The van der Waals surface area contributed by atoms with E-state index in [0.29, 0.717) is 31.2 Å². The minimum atomic E-state index is -3.66. The molecular weight excluding hydrogens is 294 g/mol. The Balaban J connectivity index is 2.14. The van der Waals surface area contributed by atoms with Gasteiger partial charge in [-0.15, -0.1) is 0 Å². The van der Waals surface area contributed by atoms with Crippen LogP contribution < -0.4 is 9.46 Å². The summed E-state index contributed by atoms with van der Waals surface area (Å²) in [5.74, 6) is 0.562. The SMILES string of the molecule is COc1ccc(CO)cc1S(=O)(=O)NCC1CCOCC1. The van der Waals surface area contributed by atoms with E-state index in [0.717, 1.165) is 12.8 Å². The molecule has 0 spiro atoms. The normalized spacial score (nSPS) is 16.9. The molecule has 0 amide bonds. The van der Waals surface area contributed by atoms with Crippen LogP contribution in [-0.4, -0.2) is 40.4 Å². The summed E-state index contributed by atoms with van der Waals surface area (Å²) in [5.41, 5.74) is 0.530. The molecule has 1 aliphatic rings. The van der Waals surface area contributed by atoms with Gasteiger partial charge < -0.3 is 14.6 Å². The van der Waals surface area contributed by atoms with Crippen molar-refractivity contribution in [3.63, 3.8) is 0 Å². The molecule has 0 radical (unpaired) electrons. The predicted molar refractivity (Wildman–Crippen MR) is 77.6 cm³/mol. The van der Waals surface area contributed by atoms with E-state index in [1.54, 1.807) is 12.1 Å². The van der Waals surface area contributed by atoms with Crippen molar-refractivity contribution in [2.24, 2.45) is 5.92 Å². The standard InChI is InChI=1S/C14H21NO5S/c1-19-13-3-2-12(10-16)8-14(13)21(17,18)15-9-11-4-6-20-7-5-11/h2-3,8,11,15-16H,4-7,9-10H2,1H3. The van der Waals surface area contributed by atoms with Crippen LogP contribution in [0.5, 0.6) is 5.75 Å². The molecule has 1 heterocycles. The second-order valence-electron chi connectivity index (χ2n) is 5.05. The quantitative estimate of drug-likeness (QED) is 0.814. The van der Waals surface area contributed by atoms with E-state index in [4.69, 9.17) is 14.6 Å². The van der Waals surface area contributed by atoms with E-state index < -0.39 is 10.0 Å². The zero-order chi connectivity index (χ0) is 15.3. The summed E-state index contributed by atoms with van der Waals surface area (Å²) in [6.45, 7) is 1.52. The Bertz CT molecular complexity index is 567. The van der Waals surface area contributed by atoms with Crippen LogP contribution in [0.2, 0.25) is 0 Å². The summed E-state index contributed by atoms with van der Waals surface area (Å²) in [5, 5.41) is 9.16. The first-order valence-corrected chi connectivity index (χ1v) is 8.40. The first kappa shape index (κ1) is 16.2. The van der Waals surface area contributed by atoms with Crippen LogP contribution in [0.25, 0.3) is 0 Å². The fourth-order valence-electron chi connectivity index (χ4n) is 2.29. The fraction of sp³-hybridized carbons (Fsp3) is 0.571. The monoisotopic (exact) mass is 315 g/mol.